The monoisotopic (exact) mass is 303 g/mol. The van der Waals surface area contributed by atoms with Crippen LogP contribution in [-0.2, 0) is 13.8 Å². The summed E-state index contributed by atoms with van der Waals surface area (Å²) >= 11 is 0. The largest absolute Gasteiger partial charge is 0.478 e. The molecule has 0 spiro atoms. The molecule has 1 amide bonds. The van der Waals surface area contributed by atoms with Gasteiger partial charge in [0.25, 0.3) is 15.0 Å². The first kappa shape index (κ1) is 14.1. The van der Waals surface area contributed by atoms with Crippen molar-refractivity contribution in [3.05, 3.63) is 18.2 Å². The summed E-state index contributed by atoms with van der Waals surface area (Å²) in [7, 11) is 1.49. The van der Waals surface area contributed by atoms with Crippen molar-refractivity contribution in [1.29, 1.82) is 0 Å². The van der Waals surface area contributed by atoms with Crippen LogP contribution in [0.1, 0.15) is 20.3 Å². The van der Waals surface area contributed by atoms with Crippen LogP contribution in [0.15, 0.2) is 23.1 Å². The fraction of sp³-hybridized carbons (Fsp3) is 0.417. The Hall–Kier alpha value is -1.27. The highest BCUT2D eigenvalue weighted by atomic mass is 35.7. The van der Waals surface area contributed by atoms with E-state index in [1.807, 2.05) is 13.8 Å². The fourth-order valence-corrected chi connectivity index (χ4v) is 2.81. The molecule has 1 aromatic rings. The van der Waals surface area contributed by atoms with Gasteiger partial charge >= 0.3 is 0 Å². The maximum absolute atomic E-state index is 12.1. The molecule has 0 N–H and O–H groups in total. The average Bonchev–Trinajstić information content (AvgIpc) is 2.36. The molecule has 0 radical (unpaired) electrons. The highest BCUT2D eigenvalue weighted by Gasteiger charge is 2.33. The van der Waals surface area contributed by atoms with Crippen molar-refractivity contribution in [2.24, 2.45) is 0 Å². The second kappa shape index (κ2) is 5.02. The predicted octanol–water partition coefficient (Wildman–Crippen LogP) is 2.14. The lowest BCUT2D eigenvalue weighted by atomic mass is 10.1. The Morgan fingerprint density at radius 2 is 2.05 bits per heavy atom. The third kappa shape index (κ3) is 2.55. The van der Waals surface area contributed by atoms with E-state index < -0.39 is 15.2 Å². The highest BCUT2D eigenvalue weighted by Crippen LogP contribution is 2.37. The first-order valence-corrected chi connectivity index (χ1v) is 8.26. The Bertz CT molecular complexity index is 614. The molecule has 0 aliphatic carbocycles. The van der Waals surface area contributed by atoms with Crippen molar-refractivity contribution in [3.8, 4) is 5.75 Å². The first-order valence-electron chi connectivity index (χ1n) is 5.95. The molecule has 1 aromatic carbocycles. The van der Waals surface area contributed by atoms with Crippen LogP contribution in [0.3, 0.4) is 0 Å². The summed E-state index contributed by atoms with van der Waals surface area (Å²) in [5.41, 5.74) is 0.443. The molecular weight excluding hydrogens is 290 g/mol. The molecule has 0 saturated heterocycles. The summed E-state index contributed by atoms with van der Waals surface area (Å²) in [5.74, 6) is 0.332. The molecule has 1 aliphatic heterocycles. The van der Waals surface area contributed by atoms with Gasteiger partial charge in [-0.3, -0.25) is 4.79 Å². The molecule has 1 atom stereocenters. The van der Waals surface area contributed by atoms with Crippen LogP contribution in [0.5, 0.6) is 5.75 Å². The minimum absolute atomic E-state index is 0.0438. The minimum atomic E-state index is -3.83. The van der Waals surface area contributed by atoms with Gasteiger partial charge in [-0.25, -0.2) is 8.42 Å². The van der Waals surface area contributed by atoms with E-state index in [-0.39, 0.29) is 10.8 Å². The van der Waals surface area contributed by atoms with E-state index in [0.29, 0.717) is 24.4 Å². The van der Waals surface area contributed by atoms with E-state index in [0.717, 1.165) is 0 Å². The lowest BCUT2D eigenvalue weighted by Gasteiger charge is -2.33. The lowest BCUT2D eigenvalue weighted by Crippen LogP contribution is -2.45. The Kier molecular flexibility index (Phi) is 3.73. The normalized spacial score (nSPS) is 19.0. The molecule has 0 fully saturated rings. The lowest BCUT2D eigenvalue weighted by molar-refractivity contribution is -0.126. The number of halogens is 1. The van der Waals surface area contributed by atoms with Crippen molar-refractivity contribution in [2.45, 2.75) is 31.3 Å². The number of benzene rings is 1. The SMILES string of the molecule is CCC1Oc2ccc(S(=O)(=O)Cl)cc2N(CC)C1=O. The van der Waals surface area contributed by atoms with Crippen LogP contribution in [0.4, 0.5) is 5.69 Å². The van der Waals surface area contributed by atoms with Crippen molar-refractivity contribution in [3.63, 3.8) is 0 Å². The van der Waals surface area contributed by atoms with Gasteiger partial charge in [-0.15, -0.1) is 0 Å². The van der Waals surface area contributed by atoms with E-state index >= 15 is 0 Å². The number of hydrogen-bond acceptors (Lipinski definition) is 4. The van der Waals surface area contributed by atoms with Gasteiger partial charge in [0, 0.05) is 17.2 Å². The zero-order valence-electron chi connectivity index (χ0n) is 10.6. The summed E-state index contributed by atoms with van der Waals surface area (Å²) in [6.07, 6.45) is 0.0375. The summed E-state index contributed by atoms with van der Waals surface area (Å²) in [6, 6.07) is 4.27. The summed E-state index contributed by atoms with van der Waals surface area (Å²) in [6.45, 7) is 4.12. The molecule has 0 saturated carbocycles. The molecule has 0 bridgehead atoms. The molecule has 2 rings (SSSR count). The summed E-state index contributed by atoms with van der Waals surface area (Å²) < 4.78 is 28.2. The maximum Gasteiger partial charge on any atom is 0.268 e. The molecule has 104 valence electrons. The Morgan fingerprint density at radius 1 is 1.37 bits per heavy atom. The van der Waals surface area contributed by atoms with Gasteiger partial charge in [-0.1, -0.05) is 6.92 Å². The number of amides is 1. The second-order valence-electron chi connectivity index (χ2n) is 4.16. The number of ether oxygens (including phenoxy) is 1. The quantitative estimate of drug-likeness (QED) is 0.803. The minimum Gasteiger partial charge on any atom is -0.478 e. The molecule has 7 heteroatoms. The van der Waals surface area contributed by atoms with Gasteiger partial charge in [0.2, 0.25) is 0 Å². The van der Waals surface area contributed by atoms with Crippen molar-refractivity contribution in [1.82, 2.24) is 0 Å². The number of nitrogens with zero attached hydrogens (tertiary/aromatic N) is 1. The predicted molar refractivity (Wildman–Crippen MR) is 72.2 cm³/mol. The standard InChI is InChI=1S/C12H14ClNO4S/c1-3-10-12(15)14(4-2)9-7-8(19(13,16)17)5-6-11(9)18-10/h5-7,10H,3-4H2,1-2H3. The van der Waals surface area contributed by atoms with Gasteiger partial charge in [0.15, 0.2) is 6.10 Å². The number of fused-ring (bicyclic) bond motifs is 1. The van der Waals surface area contributed by atoms with E-state index in [2.05, 4.69) is 0 Å². The number of likely N-dealkylation sites (N-methyl/N-ethyl adjacent to an activating group) is 1. The molecule has 1 heterocycles. The number of anilines is 1. The third-order valence-corrected chi connectivity index (χ3v) is 4.35. The number of carbonyl (C=O) groups is 1. The molecule has 1 aliphatic rings. The van der Waals surface area contributed by atoms with Crippen LogP contribution >= 0.6 is 10.7 Å². The molecule has 19 heavy (non-hydrogen) atoms. The van der Waals surface area contributed by atoms with Crippen LogP contribution in [0.2, 0.25) is 0 Å². The Labute approximate surface area is 116 Å². The summed E-state index contributed by atoms with van der Waals surface area (Å²) in [5, 5.41) is 0. The molecule has 1 unspecified atom stereocenters. The van der Waals surface area contributed by atoms with Crippen molar-refractivity contribution < 1.29 is 17.9 Å². The molecule has 5 nitrogen and oxygen atoms in total. The number of rotatable bonds is 3. The number of hydrogen-bond donors (Lipinski definition) is 0. The van der Waals surface area contributed by atoms with E-state index in [9.17, 15) is 13.2 Å². The summed E-state index contributed by atoms with van der Waals surface area (Å²) in [4.78, 5) is 13.6. The van der Waals surface area contributed by atoms with Crippen LogP contribution in [-0.4, -0.2) is 27.0 Å². The van der Waals surface area contributed by atoms with E-state index in [1.54, 1.807) is 0 Å². The van der Waals surface area contributed by atoms with Crippen LogP contribution < -0.4 is 9.64 Å². The van der Waals surface area contributed by atoms with Gasteiger partial charge in [-0.2, -0.15) is 0 Å². The zero-order valence-corrected chi connectivity index (χ0v) is 12.2. The van der Waals surface area contributed by atoms with Gasteiger partial charge < -0.3 is 9.64 Å². The Morgan fingerprint density at radius 3 is 2.58 bits per heavy atom. The van der Waals surface area contributed by atoms with E-state index in [4.69, 9.17) is 15.4 Å². The highest BCUT2D eigenvalue weighted by molar-refractivity contribution is 8.13. The van der Waals surface area contributed by atoms with Crippen molar-refractivity contribution in [2.75, 3.05) is 11.4 Å². The van der Waals surface area contributed by atoms with Crippen molar-refractivity contribution >= 4 is 31.3 Å². The fourth-order valence-electron chi connectivity index (χ4n) is 2.04. The topological polar surface area (TPSA) is 63.7 Å². The second-order valence-corrected chi connectivity index (χ2v) is 6.73. The number of carbonyl (C=O) groups excluding carboxylic acids is 1. The zero-order chi connectivity index (χ0) is 14.2. The van der Waals surface area contributed by atoms with Gasteiger partial charge in [0.1, 0.15) is 5.75 Å². The van der Waals surface area contributed by atoms with Crippen LogP contribution in [0, 0.1) is 0 Å². The smallest absolute Gasteiger partial charge is 0.268 e. The maximum atomic E-state index is 12.1. The molecule has 0 aromatic heterocycles. The average molecular weight is 304 g/mol. The Balaban J connectivity index is 2.55. The van der Waals surface area contributed by atoms with Gasteiger partial charge in [0.05, 0.1) is 10.6 Å². The van der Waals surface area contributed by atoms with E-state index in [1.165, 1.54) is 23.1 Å². The third-order valence-electron chi connectivity index (χ3n) is 3.00. The first-order chi connectivity index (χ1) is 8.88. The van der Waals surface area contributed by atoms with Gasteiger partial charge in [-0.05, 0) is 31.5 Å². The van der Waals surface area contributed by atoms with Crippen LogP contribution in [0.25, 0.3) is 0 Å². The molecular formula is C12H14ClNO4S.